The molecule has 136 valence electrons. The van der Waals surface area contributed by atoms with E-state index in [1.54, 1.807) is 6.07 Å². The minimum atomic E-state index is -1.27. The molecule has 5 nitrogen and oxygen atoms in total. The zero-order valence-corrected chi connectivity index (χ0v) is 15.4. The fourth-order valence-electron chi connectivity index (χ4n) is 2.59. The number of halogens is 4. The number of anilines is 2. The summed E-state index contributed by atoms with van der Waals surface area (Å²) in [6.45, 7) is 0.516. The number of nitrogens with zero attached hydrogens (tertiary/aromatic N) is 1. The van der Waals surface area contributed by atoms with Crippen LogP contribution in [0.15, 0.2) is 30.3 Å². The van der Waals surface area contributed by atoms with Gasteiger partial charge < -0.3 is 15.5 Å². The van der Waals surface area contributed by atoms with E-state index >= 15 is 0 Å². The molecule has 0 atom stereocenters. The summed E-state index contributed by atoms with van der Waals surface area (Å²) in [6.07, 6.45) is 0.538. The Labute approximate surface area is 160 Å². The van der Waals surface area contributed by atoms with Gasteiger partial charge >= 0.3 is 0 Å². The SMILES string of the molecule is O=CNC1CN(C(=O)c2ccc(F)c(F)c2Nc2ccc(I)cc2F)C1. The molecule has 0 radical (unpaired) electrons. The van der Waals surface area contributed by atoms with Gasteiger partial charge in [-0.1, -0.05) is 0 Å². The zero-order chi connectivity index (χ0) is 18.8. The Kier molecular flexibility index (Phi) is 5.35. The van der Waals surface area contributed by atoms with Crippen LogP contribution in [0.2, 0.25) is 0 Å². The van der Waals surface area contributed by atoms with Crippen molar-refractivity contribution in [3.05, 3.63) is 56.9 Å². The van der Waals surface area contributed by atoms with Crippen LogP contribution in [-0.2, 0) is 4.79 Å². The minimum Gasteiger partial charge on any atom is -0.352 e. The first-order valence-electron chi connectivity index (χ1n) is 7.59. The van der Waals surface area contributed by atoms with E-state index in [9.17, 15) is 22.8 Å². The van der Waals surface area contributed by atoms with Crippen LogP contribution in [0.4, 0.5) is 24.5 Å². The van der Waals surface area contributed by atoms with Crippen molar-refractivity contribution >= 4 is 46.3 Å². The summed E-state index contributed by atoms with van der Waals surface area (Å²) in [7, 11) is 0. The van der Waals surface area contributed by atoms with Gasteiger partial charge in [0.1, 0.15) is 5.82 Å². The van der Waals surface area contributed by atoms with Crippen LogP contribution >= 0.6 is 22.6 Å². The Morgan fingerprint density at radius 3 is 2.54 bits per heavy atom. The molecule has 2 amide bonds. The second-order valence-corrected chi connectivity index (χ2v) is 6.97. The quantitative estimate of drug-likeness (QED) is 0.517. The third kappa shape index (κ3) is 3.62. The molecule has 0 spiro atoms. The lowest BCUT2D eigenvalue weighted by molar-refractivity contribution is -0.111. The number of rotatable bonds is 5. The molecule has 3 rings (SSSR count). The molecule has 2 aromatic carbocycles. The molecule has 2 N–H and O–H groups in total. The van der Waals surface area contributed by atoms with Crippen LogP contribution in [0.5, 0.6) is 0 Å². The van der Waals surface area contributed by atoms with Gasteiger partial charge in [-0.3, -0.25) is 9.59 Å². The van der Waals surface area contributed by atoms with Gasteiger partial charge in [0.25, 0.3) is 5.91 Å². The number of hydrogen-bond donors (Lipinski definition) is 2. The van der Waals surface area contributed by atoms with Crippen LogP contribution in [-0.4, -0.2) is 36.3 Å². The Hall–Kier alpha value is -2.30. The van der Waals surface area contributed by atoms with Gasteiger partial charge in [0.2, 0.25) is 6.41 Å². The molecule has 2 aromatic rings. The van der Waals surface area contributed by atoms with Crippen LogP contribution in [0.25, 0.3) is 0 Å². The van der Waals surface area contributed by atoms with Gasteiger partial charge in [-0.15, -0.1) is 0 Å². The van der Waals surface area contributed by atoms with Crippen molar-refractivity contribution in [3.8, 4) is 0 Å². The monoisotopic (exact) mass is 475 g/mol. The lowest BCUT2D eigenvalue weighted by Gasteiger charge is -2.39. The van der Waals surface area contributed by atoms with Gasteiger partial charge in [0.15, 0.2) is 11.6 Å². The average molecular weight is 475 g/mol. The first kappa shape index (κ1) is 18.5. The van der Waals surface area contributed by atoms with Crippen molar-refractivity contribution in [1.82, 2.24) is 10.2 Å². The van der Waals surface area contributed by atoms with Crippen molar-refractivity contribution in [2.45, 2.75) is 6.04 Å². The van der Waals surface area contributed by atoms with E-state index in [1.165, 1.54) is 17.0 Å². The molecular formula is C17H13F3IN3O2. The Morgan fingerprint density at radius 2 is 1.88 bits per heavy atom. The summed E-state index contributed by atoms with van der Waals surface area (Å²) < 4.78 is 42.7. The molecule has 1 fully saturated rings. The molecule has 1 saturated heterocycles. The van der Waals surface area contributed by atoms with Crippen molar-refractivity contribution in [2.75, 3.05) is 18.4 Å². The zero-order valence-electron chi connectivity index (χ0n) is 13.2. The summed E-state index contributed by atoms with van der Waals surface area (Å²) in [5, 5.41) is 5.02. The maximum Gasteiger partial charge on any atom is 0.256 e. The number of likely N-dealkylation sites (tertiary alicyclic amines) is 1. The fraction of sp³-hybridized carbons (Fsp3) is 0.176. The predicted octanol–water partition coefficient (Wildman–Crippen LogP) is 3.02. The highest BCUT2D eigenvalue weighted by Gasteiger charge is 2.33. The van der Waals surface area contributed by atoms with Gasteiger partial charge in [0, 0.05) is 16.7 Å². The van der Waals surface area contributed by atoms with E-state index in [0.29, 0.717) is 9.98 Å². The molecule has 9 heteroatoms. The summed E-state index contributed by atoms with van der Waals surface area (Å²) in [4.78, 5) is 24.4. The second-order valence-electron chi connectivity index (χ2n) is 5.72. The average Bonchev–Trinajstić information content (AvgIpc) is 2.56. The third-order valence-corrected chi connectivity index (χ3v) is 4.66. The van der Waals surface area contributed by atoms with E-state index in [4.69, 9.17) is 0 Å². The second kappa shape index (κ2) is 7.52. The van der Waals surface area contributed by atoms with Gasteiger partial charge in [-0.25, -0.2) is 13.2 Å². The molecule has 0 saturated carbocycles. The maximum absolute atomic E-state index is 14.3. The Balaban J connectivity index is 1.90. The normalized spacial score (nSPS) is 13.9. The van der Waals surface area contributed by atoms with E-state index < -0.39 is 29.0 Å². The van der Waals surface area contributed by atoms with Crippen molar-refractivity contribution in [1.29, 1.82) is 0 Å². The van der Waals surface area contributed by atoms with Crippen molar-refractivity contribution < 1.29 is 22.8 Å². The van der Waals surface area contributed by atoms with Gasteiger partial charge in [-0.2, -0.15) is 0 Å². The predicted molar refractivity (Wildman–Crippen MR) is 97.6 cm³/mol. The van der Waals surface area contributed by atoms with E-state index in [1.807, 2.05) is 22.6 Å². The number of nitrogens with one attached hydrogen (secondary N) is 2. The molecule has 1 heterocycles. The molecule has 0 unspecified atom stereocenters. The topological polar surface area (TPSA) is 61.4 Å². The first-order valence-corrected chi connectivity index (χ1v) is 8.67. The van der Waals surface area contributed by atoms with Crippen LogP contribution in [0.3, 0.4) is 0 Å². The van der Waals surface area contributed by atoms with Gasteiger partial charge in [0.05, 0.1) is 23.0 Å². The number of carbonyl (C=O) groups excluding carboxylic acids is 2. The van der Waals surface area contributed by atoms with Crippen LogP contribution < -0.4 is 10.6 Å². The highest BCUT2D eigenvalue weighted by Crippen LogP contribution is 2.30. The molecule has 1 aliphatic rings. The van der Waals surface area contributed by atoms with E-state index in [0.717, 1.165) is 12.1 Å². The van der Waals surface area contributed by atoms with E-state index in [-0.39, 0.29) is 30.4 Å². The van der Waals surface area contributed by atoms with Crippen LogP contribution in [0.1, 0.15) is 10.4 Å². The maximum atomic E-state index is 14.3. The fourth-order valence-corrected chi connectivity index (χ4v) is 3.05. The summed E-state index contributed by atoms with van der Waals surface area (Å²) in [5.74, 6) is -3.62. The molecule has 26 heavy (non-hydrogen) atoms. The smallest absolute Gasteiger partial charge is 0.256 e. The third-order valence-electron chi connectivity index (χ3n) is 3.99. The standard InChI is InChI=1S/C17H13F3IN3O2/c18-12-3-2-11(17(26)24-6-10(7-24)22-8-25)16(15(12)20)23-14-4-1-9(21)5-13(14)19/h1-5,8,10,23H,6-7H2,(H,22,25). The highest BCUT2D eigenvalue weighted by molar-refractivity contribution is 14.1. The van der Waals surface area contributed by atoms with Crippen LogP contribution in [0, 0.1) is 21.0 Å². The summed E-state index contributed by atoms with van der Waals surface area (Å²) in [6, 6.07) is 6.02. The van der Waals surface area contributed by atoms with E-state index in [2.05, 4.69) is 10.6 Å². The largest absolute Gasteiger partial charge is 0.352 e. The molecular weight excluding hydrogens is 462 g/mol. The Bertz CT molecular complexity index is 873. The van der Waals surface area contributed by atoms with Gasteiger partial charge in [-0.05, 0) is 52.9 Å². The Morgan fingerprint density at radius 1 is 1.15 bits per heavy atom. The summed E-state index contributed by atoms with van der Waals surface area (Å²) >= 11 is 1.92. The first-order chi connectivity index (χ1) is 12.4. The number of carbonyl (C=O) groups is 2. The number of hydrogen-bond acceptors (Lipinski definition) is 3. The number of amides is 2. The molecule has 1 aliphatic heterocycles. The van der Waals surface area contributed by atoms with Crippen molar-refractivity contribution in [2.24, 2.45) is 0 Å². The minimum absolute atomic E-state index is 0.0759. The molecule has 0 bridgehead atoms. The summed E-state index contributed by atoms with van der Waals surface area (Å²) in [5.41, 5.74) is -0.624. The molecule has 0 aromatic heterocycles. The molecule has 0 aliphatic carbocycles. The van der Waals surface area contributed by atoms with Crippen molar-refractivity contribution in [3.63, 3.8) is 0 Å². The number of benzene rings is 2. The lowest BCUT2D eigenvalue weighted by Crippen LogP contribution is -2.59. The lowest BCUT2D eigenvalue weighted by atomic mass is 10.0. The highest BCUT2D eigenvalue weighted by atomic mass is 127.